The van der Waals surface area contributed by atoms with E-state index in [0.717, 1.165) is 25.4 Å². The van der Waals surface area contributed by atoms with Crippen LogP contribution in [0.25, 0.3) is 0 Å². The lowest BCUT2D eigenvalue weighted by Gasteiger charge is -2.34. The molecule has 1 aromatic rings. The highest BCUT2D eigenvalue weighted by molar-refractivity contribution is 7.89. The molecule has 0 unspecified atom stereocenters. The highest BCUT2D eigenvalue weighted by Crippen LogP contribution is 2.32. The van der Waals surface area contributed by atoms with E-state index in [4.69, 9.17) is 0 Å². The largest absolute Gasteiger partial charge is 0.298 e. The van der Waals surface area contributed by atoms with Crippen molar-refractivity contribution >= 4 is 10.0 Å². The Labute approximate surface area is 145 Å². The summed E-state index contributed by atoms with van der Waals surface area (Å²) in [4.78, 5) is 2.90. The number of hydrogen-bond donors (Lipinski definition) is 1. The summed E-state index contributed by atoms with van der Waals surface area (Å²) in [6.07, 6.45) is 3.55. The first-order chi connectivity index (χ1) is 11.3. The second-order valence-electron chi connectivity index (χ2n) is 7.73. The van der Waals surface area contributed by atoms with Gasteiger partial charge in [0.05, 0.1) is 11.4 Å². The molecule has 2 fully saturated rings. The van der Waals surface area contributed by atoms with Crippen molar-refractivity contribution in [3.8, 4) is 0 Å². The number of H-pyrrole nitrogens is 1. The van der Waals surface area contributed by atoms with Crippen LogP contribution in [0.5, 0.6) is 0 Å². The Kier molecular flexibility index (Phi) is 5.04. The number of rotatable bonds is 5. The predicted molar refractivity (Wildman–Crippen MR) is 94.4 cm³/mol. The van der Waals surface area contributed by atoms with Gasteiger partial charge in [-0.2, -0.15) is 9.40 Å². The molecule has 1 N–H and O–H groups in total. The molecule has 24 heavy (non-hydrogen) atoms. The first-order valence-electron chi connectivity index (χ1n) is 9.06. The molecule has 1 aliphatic carbocycles. The number of aromatic nitrogens is 2. The third kappa shape index (κ3) is 3.53. The lowest BCUT2D eigenvalue weighted by molar-refractivity contribution is 0.150. The summed E-state index contributed by atoms with van der Waals surface area (Å²) in [5.41, 5.74) is 1.19. The van der Waals surface area contributed by atoms with Gasteiger partial charge in [0.15, 0.2) is 0 Å². The van der Waals surface area contributed by atoms with E-state index in [-0.39, 0.29) is 6.04 Å². The third-order valence-corrected chi connectivity index (χ3v) is 7.46. The summed E-state index contributed by atoms with van der Waals surface area (Å²) < 4.78 is 28.1. The van der Waals surface area contributed by atoms with Crippen LogP contribution < -0.4 is 0 Å². The first kappa shape index (κ1) is 17.9. The fourth-order valence-electron chi connectivity index (χ4n) is 3.79. The quantitative estimate of drug-likeness (QED) is 0.880. The Bertz CT molecular complexity index is 659. The summed E-state index contributed by atoms with van der Waals surface area (Å²) in [5, 5.41) is 6.88. The van der Waals surface area contributed by atoms with Crippen LogP contribution in [0.1, 0.15) is 44.5 Å². The highest BCUT2D eigenvalue weighted by atomic mass is 32.2. The predicted octanol–water partition coefficient (Wildman–Crippen LogP) is 2.16. The van der Waals surface area contributed by atoms with Crippen LogP contribution in [0.15, 0.2) is 4.90 Å². The summed E-state index contributed by atoms with van der Waals surface area (Å²) in [7, 11) is -3.49. The summed E-state index contributed by atoms with van der Waals surface area (Å²) in [6.45, 7) is 11.2. The van der Waals surface area contributed by atoms with Crippen molar-refractivity contribution in [2.45, 2.75) is 57.9 Å². The van der Waals surface area contributed by atoms with Gasteiger partial charge in [0.1, 0.15) is 4.90 Å². The Morgan fingerprint density at radius 3 is 2.50 bits per heavy atom. The topological polar surface area (TPSA) is 69.3 Å². The lowest BCUT2D eigenvalue weighted by atomic mass is 10.0. The average molecular weight is 355 g/mol. The van der Waals surface area contributed by atoms with Gasteiger partial charge in [0, 0.05) is 25.7 Å². The van der Waals surface area contributed by atoms with Crippen LogP contribution in [-0.2, 0) is 10.0 Å². The number of nitrogens with zero attached hydrogens (tertiary/aromatic N) is 3. The molecular weight excluding hydrogens is 324 g/mol. The summed E-state index contributed by atoms with van der Waals surface area (Å²) in [6, 6.07) is 0.287. The molecule has 0 radical (unpaired) electrons. The van der Waals surface area contributed by atoms with Crippen LogP contribution >= 0.6 is 0 Å². The molecule has 2 aliphatic rings. The minimum Gasteiger partial charge on any atom is -0.298 e. The summed E-state index contributed by atoms with van der Waals surface area (Å²) in [5.74, 6) is 1.26. The number of aryl methyl sites for hydroxylation is 2. The van der Waals surface area contributed by atoms with Crippen molar-refractivity contribution in [3.05, 3.63) is 11.4 Å². The molecule has 0 bridgehead atoms. The normalized spacial score (nSPS) is 24.5. The maximum Gasteiger partial charge on any atom is 0.246 e. The van der Waals surface area contributed by atoms with Crippen LogP contribution in [0, 0.1) is 25.7 Å². The van der Waals surface area contributed by atoms with Crippen molar-refractivity contribution in [1.29, 1.82) is 0 Å². The molecular formula is C17H30N4O2S. The zero-order valence-electron chi connectivity index (χ0n) is 15.2. The molecule has 0 spiro atoms. The zero-order chi connectivity index (χ0) is 17.5. The smallest absolute Gasteiger partial charge is 0.246 e. The monoisotopic (exact) mass is 354 g/mol. The van der Waals surface area contributed by atoms with Gasteiger partial charge < -0.3 is 0 Å². The Hall–Kier alpha value is -0.920. The van der Waals surface area contributed by atoms with Crippen LogP contribution in [0.3, 0.4) is 0 Å². The molecule has 6 nitrogen and oxygen atoms in total. The van der Waals surface area contributed by atoms with E-state index in [1.54, 1.807) is 18.2 Å². The SMILES string of the molecule is Cc1n[nH]c(C)c1S(=O)(=O)N1CCCN(CC2CC2)[C@@H](C(C)C)C1. The Morgan fingerprint density at radius 2 is 1.96 bits per heavy atom. The van der Waals surface area contributed by atoms with E-state index in [1.807, 2.05) is 0 Å². The van der Waals surface area contributed by atoms with E-state index in [2.05, 4.69) is 28.9 Å². The van der Waals surface area contributed by atoms with Gasteiger partial charge in [-0.05, 0) is 51.5 Å². The maximum absolute atomic E-state index is 13.2. The van der Waals surface area contributed by atoms with E-state index < -0.39 is 10.0 Å². The van der Waals surface area contributed by atoms with E-state index in [1.165, 1.54) is 12.8 Å². The number of aromatic amines is 1. The Balaban J connectivity index is 1.85. The molecule has 0 aromatic carbocycles. The first-order valence-corrected chi connectivity index (χ1v) is 10.5. The van der Waals surface area contributed by atoms with Crippen molar-refractivity contribution in [2.24, 2.45) is 11.8 Å². The van der Waals surface area contributed by atoms with Crippen molar-refractivity contribution < 1.29 is 8.42 Å². The van der Waals surface area contributed by atoms with Gasteiger partial charge in [-0.15, -0.1) is 0 Å². The lowest BCUT2D eigenvalue weighted by Crippen LogP contribution is -2.46. The summed E-state index contributed by atoms with van der Waals surface area (Å²) >= 11 is 0. The molecule has 3 rings (SSSR count). The second kappa shape index (κ2) is 6.77. The highest BCUT2D eigenvalue weighted by Gasteiger charge is 2.37. The fourth-order valence-corrected chi connectivity index (χ4v) is 5.62. The van der Waals surface area contributed by atoms with Gasteiger partial charge in [0.25, 0.3) is 0 Å². The maximum atomic E-state index is 13.2. The van der Waals surface area contributed by atoms with Gasteiger partial charge in [-0.1, -0.05) is 13.8 Å². The number of nitrogens with one attached hydrogen (secondary N) is 1. The van der Waals surface area contributed by atoms with Gasteiger partial charge in [-0.3, -0.25) is 10.00 Å². The molecule has 1 aromatic heterocycles. The fraction of sp³-hybridized carbons (Fsp3) is 0.824. The van der Waals surface area contributed by atoms with E-state index in [9.17, 15) is 8.42 Å². The molecule has 7 heteroatoms. The standard InChI is InChI=1S/C17H30N4O2S/c1-12(2)16-11-21(9-5-8-20(16)10-15-6-7-15)24(22,23)17-13(3)18-19-14(17)4/h12,15-16H,5-11H2,1-4H3,(H,18,19)/t16-/m1/s1. The van der Waals surface area contributed by atoms with Crippen molar-refractivity contribution in [2.75, 3.05) is 26.2 Å². The van der Waals surface area contributed by atoms with Gasteiger partial charge in [-0.25, -0.2) is 8.42 Å². The molecule has 2 heterocycles. The molecule has 1 saturated heterocycles. The third-order valence-electron chi connectivity index (χ3n) is 5.33. The van der Waals surface area contributed by atoms with E-state index in [0.29, 0.717) is 35.3 Å². The van der Waals surface area contributed by atoms with Gasteiger partial charge in [0.2, 0.25) is 10.0 Å². The number of sulfonamides is 1. The molecule has 1 saturated carbocycles. The Morgan fingerprint density at radius 1 is 1.25 bits per heavy atom. The molecule has 136 valence electrons. The van der Waals surface area contributed by atoms with Gasteiger partial charge >= 0.3 is 0 Å². The minimum absolute atomic E-state index is 0.287. The van der Waals surface area contributed by atoms with Crippen molar-refractivity contribution in [1.82, 2.24) is 19.4 Å². The number of hydrogen-bond acceptors (Lipinski definition) is 4. The second-order valence-corrected chi connectivity index (χ2v) is 9.60. The van der Waals surface area contributed by atoms with Crippen LogP contribution in [0.4, 0.5) is 0 Å². The minimum atomic E-state index is -3.49. The van der Waals surface area contributed by atoms with Crippen LogP contribution in [-0.4, -0.2) is 60.0 Å². The zero-order valence-corrected chi connectivity index (χ0v) is 16.1. The molecule has 0 amide bonds. The van der Waals surface area contributed by atoms with E-state index >= 15 is 0 Å². The molecule has 1 atom stereocenters. The molecule has 1 aliphatic heterocycles. The van der Waals surface area contributed by atoms with Crippen LogP contribution in [0.2, 0.25) is 0 Å². The van der Waals surface area contributed by atoms with Crippen molar-refractivity contribution in [3.63, 3.8) is 0 Å². The average Bonchev–Trinajstić information content (AvgIpc) is 3.27.